The molecular weight excluding hydrogens is 188 g/mol. The number of rotatable bonds is 6. The number of aliphatic hydroxyl groups is 1. The molecule has 84 valence electrons. The maximum atomic E-state index is 9.39. The van der Waals surface area contributed by atoms with Crippen LogP contribution in [0.2, 0.25) is 0 Å². The molecule has 1 heterocycles. The van der Waals surface area contributed by atoms with Gasteiger partial charge in [-0.1, -0.05) is 6.92 Å². The van der Waals surface area contributed by atoms with Crippen LogP contribution >= 0.6 is 0 Å². The highest BCUT2D eigenvalue weighted by Crippen LogP contribution is 2.10. The van der Waals surface area contributed by atoms with E-state index in [9.17, 15) is 5.11 Å². The first-order valence-electron chi connectivity index (χ1n) is 5.55. The molecule has 0 fully saturated rings. The molecule has 1 aromatic rings. The van der Waals surface area contributed by atoms with Gasteiger partial charge in [-0.05, 0) is 44.0 Å². The van der Waals surface area contributed by atoms with E-state index >= 15 is 0 Å². The molecule has 0 saturated heterocycles. The third-order valence-corrected chi connectivity index (χ3v) is 2.61. The van der Waals surface area contributed by atoms with Gasteiger partial charge < -0.3 is 10.4 Å². The van der Waals surface area contributed by atoms with Gasteiger partial charge in [0.2, 0.25) is 0 Å². The lowest BCUT2D eigenvalue weighted by Gasteiger charge is -2.15. The van der Waals surface area contributed by atoms with Gasteiger partial charge in [0.1, 0.15) is 0 Å². The summed E-state index contributed by atoms with van der Waals surface area (Å²) < 4.78 is 0. The molecule has 2 unspecified atom stereocenters. The van der Waals surface area contributed by atoms with Crippen molar-refractivity contribution in [1.82, 2.24) is 10.3 Å². The Hall–Kier alpha value is -0.930. The highest BCUT2D eigenvalue weighted by molar-refractivity contribution is 5.13. The van der Waals surface area contributed by atoms with Gasteiger partial charge >= 0.3 is 0 Å². The van der Waals surface area contributed by atoms with Crippen molar-refractivity contribution in [3.8, 4) is 0 Å². The maximum Gasteiger partial charge on any atom is 0.0549 e. The molecule has 0 radical (unpaired) electrons. The Morgan fingerprint density at radius 3 is 2.67 bits per heavy atom. The highest BCUT2D eigenvalue weighted by Gasteiger charge is 2.05. The quantitative estimate of drug-likeness (QED) is 0.750. The zero-order chi connectivity index (χ0) is 11.1. The second-order valence-electron chi connectivity index (χ2n) is 3.81. The average molecular weight is 208 g/mol. The van der Waals surface area contributed by atoms with Crippen molar-refractivity contribution in [3.05, 3.63) is 30.1 Å². The molecule has 3 nitrogen and oxygen atoms in total. The van der Waals surface area contributed by atoms with Crippen LogP contribution in [0.4, 0.5) is 0 Å². The molecule has 0 aliphatic heterocycles. The average Bonchev–Trinajstić information content (AvgIpc) is 2.29. The summed E-state index contributed by atoms with van der Waals surface area (Å²) in [6, 6.07) is 4.33. The van der Waals surface area contributed by atoms with Crippen LogP contribution in [0.15, 0.2) is 24.5 Å². The van der Waals surface area contributed by atoms with E-state index in [2.05, 4.69) is 17.2 Å². The fourth-order valence-corrected chi connectivity index (χ4v) is 1.44. The highest BCUT2D eigenvalue weighted by atomic mass is 16.3. The van der Waals surface area contributed by atoms with Gasteiger partial charge in [-0.2, -0.15) is 0 Å². The first-order valence-corrected chi connectivity index (χ1v) is 5.55. The Bertz CT molecular complexity index is 264. The number of aromatic nitrogens is 1. The van der Waals surface area contributed by atoms with Gasteiger partial charge in [0, 0.05) is 18.4 Å². The molecule has 0 aromatic carbocycles. The van der Waals surface area contributed by atoms with E-state index in [0.29, 0.717) is 6.04 Å². The van der Waals surface area contributed by atoms with Gasteiger partial charge in [-0.25, -0.2) is 0 Å². The number of nitrogens with zero attached hydrogens (tertiary/aromatic N) is 1. The number of aliphatic hydroxyl groups excluding tert-OH is 1. The fourth-order valence-electron chi connectivity index (χ4n) is 1.44. The molecule has 1 rings (SSSR count). The lowest BCUT2D eigenvalue weighted by atomic mass is 10.1. The van der Waals surface area contributed by atoms with Crippen molar-refractivity contribution >= 4 is 0 Å². The molecule has 0 saturated carbocycles. The largest absolute Gasteiger partial charge is 0.393 e. The van der Waals surface area contributed by atoms with Gasteiger partial charge in [0.25, 0.3) is 0 Å². The topological polar surface area (TPSA) is 45.1 Å². The standard InChI is InChI=1S/C12H20N2O/c1-3-12(15)6-9-14-10(2)11-4-7-13-8-5-11/h4-5,7-8,10,12,14-15H,3,6,9H2,1-2H3. The maximum absolute atomic E-state index is 9.39. The third-order valence-electron chi connectivity index (χ3n) is 2.61. The molecule has 0 spiro atoms. The monoisotopic (exact) mass is 208 g/mol. The SMILES string of the molecule is CCC(O)CCNC(C)c1ccncc1. The molecular formula is C12H20N2O. The summed E-state index contributed by atoms with van der Waals surface area (Å²) in [6.07, 6.45) is 5.06. The number of hydrogen-bond donors (Lipinski definition) is 2. The second kappa shape index (κ2) is 6.53. The second-order valence-corrected chi connectivity index (χ2v) is 3.81. The van der Waals surface area contributed by atoms with Crippen LogP contribution in [0.3, 0.4) is 0 Å². The van der Waals surface area contributed by atoms with E-state index in [0.717, 1.165) is 19.4 Å². The normalized spacial score (nSPS) is 14.9. The Labute approximate surface area is 91.5 Å². The molecule has 0 aliphatic rings. The van der Waals surface area contributed by atoms with Crippen LogP contribution in [0.1, 0.15) is 38.3 Å². The Kier molecular flexibility index (Phi) is 5.29. The van der Waals surface area contributed by atoms with E-state index in [-0.39, 0.29) is 6.10 Å². The summed E-state index contributed by atoms with van der Waals surface area (Å²) in [5.41, 5.74) is 1.23. The molecule has 0 aliphatic carbocycles. The Balaban J connectivity index is 2.28. The van der Waals surface area contributed by atoms with Crippen molar-refractivity contribution in [3.63, 3.8) is 0 Å². The molecule has 0 amide bonds. The summed E-state index contributed by atoms with van der Waals surface area (Å²) in [6.45, 7) is 4.96. The van der Waals surface area contributed by atoms with Crippen LogP contribution in [0, 0.1) is 0 Å². The number of pyridine rings is 1. The molecule has 15 heavy (non-hydrogen) atoms. The first-order chi connectivity index (χ1) is 7.24. The lowest BCUT2D eigenvalue weighted by Crippen LogP contribution is -2.23. The van der Waals surface area contributed by atoms with Gasteiger partial charge in [-0.15, -0.1) is 0 Å². The van der Waals surface area contributed by atoms with Crippen LogP contribution in [-0.4, -0.2) is 22.7 Å². The summed E-state index contributed by atoms with van der Waals surface area (Å²) in [7, 11) is 0. The molecule has 2 N–H and O–H groups in total. The van der Waals surface area contributed by atoms with Gasteiger partial charge in [0.05, 0.1) is 6.10 Å². The van der Waals surface area contributed by atoms with E-state index in [1.54, 1.807) is 12.4 Å². The summed E-state index contributed by atoms with van der Waals surface area (Å²) >= 11 is 0. The smallest absolute Gasteiger partial charge is 0.0549 e. The van der Waals surface area contributed by atoms with E-state index in [4.69, 9.17) is 0 Å². The van der Waals surface area contributed by atoms with E-state index in [1.807, 2.05) is 19.1 Å². The Morgan fingerprint density at radius 1 is 1.40 bits per heavy atom. The minimum atomic E-state index is -0.179. The van der Waals surface area contributed by atoms with Crippen molar-refractivity contribution < 1.29 is 5.11 Å². The van der Waals surface area contributed by atoms with Crippen LogP contribution in [0.5, 0.6) is 0 Å². The zero-order valence-electron chi connectivity index (χ0n) is 9.48. The van der Waals surface area contributed by atoms with Gasteiger partial charge in [-0.3, -0.25) is 4.98 Å². The predicted molar refractivity (Wildman–Crippen MR) is 61.6 cm³/mol. The van der Waals surface area contributed by atoms with Gasteiger partial charge in [0.15, 0.2) is 0 Å². The van der Waals surface area contributed by atoms with Crippen molar-refractivity contribution in [1.29, 1.82) is 0 Å². The van der Waals surface area contributed by atoms with Crippen molar-refractivity contribution in [2.24, 2.45) is 0 Å². The first kappa shape index (κ1) is 12.1. The lowest BCUT2D eigenvalue weighted by molar-refractivity contribution is 0.159. The van der Waals surface area contributed by atoms with Crippen LogP contribution < -0.4 is 5.32 Å². The predicted octanol–water partition coefficient (Wildman–Crippen LogP) is 1.89. The van der Waals surface area contributed by atoms with E-state index < -0.39 is 0 Å². The third kappa shape index (κ3) is 4.40. The fraction of sp³-hybridized carbons (Fsp3) is 0.583. The van der Waals surface area contributed by atoms with Crippen LogP contribution in [0.25, 0.3) is 0 Å². The summed E-state index contributed by atoms with van der Waals surface area (Å²) in [5, 5.41) is 12.8. The van der Waals surface area contributed by atoms with Crippen molar-refractivity contribution in [2.75, 3.05) is 6.54 Å². The number of nitrogens with one attached hydrogen (secondary N) is 1. The zero-order valence-corrected chi connectivity index (χ0v) is 9.48. The number of hydrogen-bond acceptors (Lipinski definition) is 3. The molecule has 3 heteroatoms. The van der Waals surface area contributed by atoms with Crippen molar-refractivity contribution in [2.45, 2.75) is 38.8 Å². The minimum absolute atomic E-state index is 0.179. The Morgan fingerprint density at radius 2 is 2.07 bits per heavy atom. The van der Waals surface area contributed by atoms with Crippen LogP contribution in [-0.2, 0) is 0 Å². The minimum Gasteiger partial charge on any atom is -0.393 e. The molecule has 0 bridgehead atoms. The summed E-state index contributed by atoms with van der Waals surface area (Å²) in [4.78, 5) is 3.98. The molecule has 1 aromatic heterocycles. The summed E-state index contributed by atoms with van der Waals surface area (Å²) in [5.74, 6) is 0. The molecule has 2 atom stereocenters. The van der Waals surface area contributed by atoms with E-state index in [1.165, 1.54) is 5.56 Å².